The SMILES string of the molecule is C=C(CNCCC)CN(CCC)[P@@](C)N(CCC)CCN. The van der Waals surface area contributed by atoms with Crippen LogP contribution in [0.2, 0.25) is 0 Å². The molecule has 21 heavy (non-hydrogen) atoms. The molecule has 0 fully saturated rings. The Labute approximate surface area is 134 Å². The van der Waals surface area contributed by atoms with Crippen LogP contribution >= 0.6 is 8.22 Å². The Morgan fingerprint density at radius 3 is 2.19 bits per heavy atom. The van der Waals surface area contributed by atoms with Crippen LogP contribution in [0.5, 0.6) is 0 Å². The van der Waals surface area contributed by atoms with Gasteiger partial charge in [-0.25, -0.2) is 0 Å². The smallest absolute Gasteiger partial charge is 0.0365 e. The second kappa shape index (κ2) is 13.7. The lowest BCUT2D eigenvalue weighted by atomic mass is 10.3. The second-order valence-electron chi connectivity index (χ2n) is 5.55. The highest BCUT2D eigenvalue weighted by Crippen LogP contribution is 2.40. The molecule has 5 heteroatoms. The summed E-state index contributed by atoms with van der Waals surface area (Å²) in [5.74, 6) is 0. The van der Waals surface area contributed by atoms with Gasteiger partial charge in [-0.05, 0) is 38.0 Å². The summed E-state index contributed by atoms with van der Waals surface area (Å²) in [6.07, 6.45) is 3.55. The largest absolute Gasteiger partial charge is 0.329 e. The minimum absolute atomic E-state index is 0.278. The molecule has 0 rings (SSSR count). The van der Waals surface area contributed by atoms with E-state index >= 15 is 0 Å². The summed E-state index contributed by atoms with van der Waals surface area (Å²) in [7, 11) is -0.278. The van der Waals surface area contributed by atoms with Crippen LogP contribution in [0, 0.1) is 0 Å². The van der Waals surface area contributed by atoms with Crippen molar-refractivity contribution in [2.24, 2.45) is 5.73 Å². The zero-order chi connectivity index (χ0) is 16.1. The summed E-state index contributed by atoms with van der Waals surface area (Å²) in [4.78, 5) is 0. The average Bonchev–Trinajstić information content (AvgIpc) is 2.46. The summed E-state index contributed by atoms with van der Waals surface area (Å²) < 4.78 is 5.15. The van der Waals surface area contributed by atoms with E-state index in [4.69, 9.17) is 5.73 Å². The first kappa shape index (κ1) is 21.0. The maximum atomic E-state index is 5.78. The van der Waals surface area contributed by atoms with Gasteiger partial charge in [-0.2, -0.15) is 0 Å². The topological polar surface area (TPSA) is 44.5 Å². The maximum absolute atomic E-state index is 5.78. The van der Waals surface area contributed by atoms with Gasteiger partial charge < -0.3 is 11.1 Å². The molecule has 126 valence electrons. The Morgan fingerprint density at radius 1 is 1.05 bits per heavy atom. The lowest BCUT2D eigenvalue weighted by Crippen LogP contribution is -2.34. The molecule has 4 nitrogen and oxygen atoms in total. The van der Waals surface area contributed by atoms with E-state index < -0.39 is 0 Å². The van der Waals surface area contributed by atoms with E-state index in [1.807, 2.05) is 0 Å². The molecule has 1 atom stereocenters. The van der Waals surface area contributed by atoms with Crippen LogP contribution in [-0.4, -0.2) is 61.8 Å². The van der Waals surface area contributed by atoms with Crippen molar-refractivity contribution in [2.45, 2.75) is 40.0 Å². The van der Waals surface area contributed by atoms with Gasteiger partial charge >= 0.3 is 0 Å². The molecule has 0 saturated heterocycles. The first-order valence-electron chi connectivity index (χ1n) is 8.41. The number of hydrogen-bond acceptors (Lipinski definition) is 4. The van der Waals surface area contributed by atoms with Crippen molar-refractivity contribution in [3.8, 4) is 0 Å². The number of nitrogens with two attached hydrogens (primary N) is 1. The van der Waals surface area contributed by atoms with E-state index in [1.165, 1.54) is 24.8 Å². The molecular weight excluding hydrogens is 279 g/mol. The van der Waals surface area contributed by atoms with Crippen LogP contribution in [0.3, 0.4) is 0 Å². The third-order valence-electron chi connectivity index (χ3n) is 3.38. The average molecular weight is 316 g/mol. The van der Waals surface area contributed by atoms with E-state index in [1.54, 1.807) is 0 Å². The first-order chi connectivity index (χ1) is 10.1. The normalized spacial score (nSPS) is 13.1. The third kappa shape index (κ3) is 9.59. The van der Waals surface area contributed by atoms with Crippen LogP contribution < -0.4 is 11.1 Å². The Hall–Kier alpha value is 0.0100. The van der Waals surface area contributed by atoms with Crippen molar-refractivity contribution in [1.29, 1.82) is 0 Å². The molecular formula is C16H37N4P. The summed E-state index contributed by atoms with van der Waals surface area (Å²) in [5.41, 5.74) is 7.06. The van der Waals surface area contributed by atoms with Gasteiger partial charge in [0.2, 0.25) is 0 Å². The zero-order valence-corrected chi connectivity index (χ0v) is 15.6. The molecule has 0 aromatic carbocycles. The van der Waals surface area contributed by atoms with Crippen molar-refractivity contribution in [2.75, 3.05) is 52.5 Å². The zero-order valence-electron chi connectivity index (χ0n) is 14.7. The predicted molar refractivity (Wildman–Crippen MR) is 97.9 cm³/mol. The van der Waals surface area contributed by atoms with E-state index in [-0.39, 0.29) is 8.22 Å². The number of nitrogens with zero attached hydrogens (tertiary/aromatic N) is 2. The molecule has 0 saturated carbocycles. The highest BCUT2D eigenvalue weighted by Gasteiger charge is 2.20. The highest BCUT2D eigenvalue weighted by molar-refractivity contribution is 7.51. The molecule has 0 amide bonds. The molecule has 0 aliphatic carbocycles. The van der Waals surface area contributed by atoms with Gasteiger partial charge in [-0.15, -0.1) is 0 Å². The lowest BCUT2D eigenvalue weighted by molar-refractivity contribution is 0.399. The summed E-state index contributed by atoms with van der Waals surface area (Å²) in [6, 6.07) is 0. The van der Waals surface area contributed by atoms with Crippen LogP contribution in [0.4, 0.5) is 0 Å². The molecule has 3 N–H and O–H groups in total. The fraction of sp³-hybridized carbons (Fsp3) is 0.875. The Morgan fingerprint density at radius 2 is 1.67 bits per heavy atom. The molecule has 0 unspecified atom stereocenters. The van der Waals surface area contributed by atoms with Gasteiger partial charge in [0, 0.05) is 47.5 Å². The minimum atomic E-state index is -0.278. The Bertz CT molecular complexity index is 255. The molecule has 0 bridgehead atoms. The fourth-order valence-corrected chi connectivity index (χ4v) is 4.47. The van der Waals surface area contributed by atoms with Crippen LogP contribution in [0.1, 0.15) is 40.0 Å². The summed E-state index contributed by atoms with van der Waals surface area (Å²) >= 11 is 0. The summed E-state index contributed by atoms with van der Waals surface area (Å²) in [6.45, 7) is 20.3. The van der Waals surface area contributed by atoms with Crippen molar-refractivity contribution < 1.29 is 0 Å². The maximum Gasteiger partial charge on any atom is 0.0365 e. The standard InChI is InChI=1S/C16H37N4P/c1-6-10-18-14-16(4)15-20(12-8-3)21(5)19(11-7-2)13-9-17/h18H,4,6-15,17H2,1-3,5H3/t21-/m0/s1. The summed E-state index contributed by atoms with van der Waals surface area (Å²) in [5, 5.41) is 3.45. The quantitative estimate of drug-likeness (QED) is 0.294. The van der Waals surface area contributed by atoms with E-state index in [0.29, 0.717) is 0 Å². The third-order valence-corrected chi connectivity index (χ3v) is 5.76. The van der Waals surface area contributed by atoms with E-state index in [2.05, 4.69) is 48.7 Å². The van der Waals surface area contributed by atoms with Gasteiger partial charge in [0.05, 0.1) is 0 Å². The van der Waals surface area contributed by atoms with E-state index in [9.17, 15) is 0 Å². The number of nitrogens with one attached hydrogen (secondary N) is 1. The van der Waals surface area contributed by atoms with Crippen LogP contribution in [-0.2, 0) is 0 Å². The highest BCUT2D eigenvalue weighted by atomic mass is 31.1. The monoisotopic (exact) mass is 316 g/mol. The van der Waals surface area contributed by atoms with Gasteiger partial charge in [0.1, 0.15) is 0 Å². The molecule has 0 aromatic rings. The Balaban J connectivity index is 4.50. The van der Waals surface area contributed by atoms with Gasteiger partial charge in [0.15, 0.2) is 0 Å². The van der Waals surface area contributed by atoms with Gasteiger partial charge in [-0.1, -0.05) is 27.4 Å². The van der Waals surface area contributed by atoms with Gasteiger partial charge in [0.25, 0.3) is 0 Å². The van der Waals surface area contributed by atoms with E-state index in [0.717, 1.165) is 45.8 Å². The van der Waals surface area contributed by atoms with Crippen LogP contribution in [0.25, 0.3) is 0 Å². The van der Waals surface area contributed by atoms with Crippen molar-refractivity contribution in [3.05, 3.63) is 12.2 Å². The van der Waals surface area contributed by atoms with Crippen molar-refractivity contribution in [1.82, 2.24) is 14.7 Å². The molecule has 0 heterocycles. The fourth-order valence-electron chi connectivity index (χ4n) is 2.33. The molecule has 0 spiro atoms. The van der Waals surface area contributed by atoms with Crippen LogP contribution in [0.15, 0.2) is 12.2 Å². The first-order valence-corrected chi connectivity index (χ1v) is 10.1. The molecule has 0 radical (unpaired) electrons. The number of hydrogen-bond donors (Lipinski definition) is 2. The molecule has 0 aromatic heterocycles. The van der Waals surface area contributed by atoms with Crippen molar-refractivity contribution in [3.63, 3.8) is 0 Å². The second-order valence-corrected chi connectivity index (χ2v) is 7.66. The Kier molecular flexibility index (Phi) is 13.7. The molecule has 0 aliphatic heterocycles. The predicted octanol–water partition coefficient (Wildman–Crippen LogP) is 2.87. The lowest BCUT2D eigenvalue weighted by Gasteiger charge is -2.37. The van der Waals surface area contributed by atoms with Crippen molar-refractivity contribution >= 4 is 8.22 Å². The minimum Gasteiger partial charge on any atom is -0.329 e. The number of rotatable bonds is 14. The van der Waals surface area contributed by atoms with Gasteiger partial charge in [-0.3, -0.25) is 9.34 Å². The molecule has 0 aliphatic rings.